The van der Waals surface area contributed by atoms with Crippen LogP contribution in [0.3, 0.4) is 0 Å². The molecule has 4 heteroatoms. The van der Waals surface area contributed by atoms with E-state index in [0.717, 1.165) is 24.3 Å². The van der Waals surface area contributed by atoms with Crippen LogP contribution in [-0.2, 0) is 11.2 Å². The largest absolute Gasteiger partial charge is 0.480 e. The van der Waals surface area contributed by atoms with Crippen LogP contribution in [0.4, 0.5) is 5.69 Å². The number of para-hydroxylation sites is 1. The van der Waals surface area contributed by atoms with Crippen LogP contribution in [0.1, 0.15) is 5.56 Å². The van der Waals surface area contributed by atoms with Gasteiger partial charge >= 0.3 is 5.97 Å². The number of aliphatic carboxylic acids is 1. The maximum Gasteiger partial charge on any atom is 0.326 e. The van der Waals surface area contributed by atoms with E-state index in [1.807, 2.05) is 43.3 Å². The highest BCUT2D eigenvalue weighted by Gasteiger charge is 2.33. The number of nitrogens with zero attached hydrogens (tertiary/aromatic N) is 2. The zero-order valence-electron chi connectivity index (χ0n) is 10.3. The summed E-state index contributed by atoms with van der Waals surface area (Å²) >= 11 is 0. The summed E-state index contributed by atoms with van der Waals surface area (Å²) < 4.78 is 0. The molecule has 92 valence electrons. The Hall–Kier alpha value is -1.55. The smallest absolute Gasteiger partial charge is 0.326 e. The van der Waals surface area contributed by atoms with E-state index < -0.39 is 12.0 Å². The Balaban J connectivity index is 2.21. The van der Waals surface area contributed by atoms with Crippen LogP contribution < -0.4 is 4.90 Å². The summed E-state index contributed by atoms with van der Waals surface area (Å²) in [6.45, 7) is 1.61. The number of carbonyl (C=O) groups is 1. The van der Waals surface area contributed by atoms with Gasteiger partial charge in [0.15, 0.2) is 0 Å². The fourth-order valence-electron chi connectivity index (χ4n) is 2.25. The van der Waals surface area contributed by atoms with Crippen molar-refractivity contribution in [3.05, 3.63) is 29.8 Å². The van der Waals surface area contributed by atoms with Crippen molar-refractivity contribution in [3.8, 4) is 0 Å². The second-order valence-electron chi connectivity index (χ2n) is 4.68. The quantitative estimate of drug-likeness (QED) is 0.846. The fraction of sp³-hybridized carbons (Fsp3) is 0.462. The Morgan fingerprint density at radius 2 is 2.18 bits per heavy atom. The number of hydrogen-bond acceptors (Lipinski definition) is 3. The lowest BCUT2D eigenvalue weighted by molar-refractivity contribution is -0.138. The highest BCUT2D eigenvalue weighted by Crippen LogP contribution is 2.31. The monoisotopic (exact) mass is 234 g/mol. The molecule has 0 radical (unpaired) electrons. The first kappa shape index (κ1) is 11.9. The minimum atomic E-state index is -0.736. The molecule has 0 spiro atoms. The van der Waals surface area contributed by atoms with Gasteiger partial charge in [-0.05, 0) is 25.7 Å². The highest BCUT2D eigenvalue weighted by atomic mass is 16.4. The van der Waals surface area contributed by atoms with Crippen LogP contribution in [0, 0.1) is 0 Å². The minimum Gasteiger partial charge on any atom is -0.480 e. The Bertz CT molecular complexity index is 418. The molecule has 4 nitrogen and oxygen atoms in total. The second kappa shape index (κ2) is 4.75. The van der Waals surface area contributed by atoms with Crippen molar-refractivity contribution in [3.63, 3.8) is 0 Å². The summed E-state index contributed by atoms with van der Waals surface area (Å²) in [6, 6.07) is 7.54. The molecule has 2 rings (SSSR count). The standard InChI is InChI=1S/C13H18N2O2/c1-14(2)7-8-15-11-6-4-3-5-10(11)9-12(15)13(16)17/h3-6,12H,7-9H2,1-2H3,(H,16,17). The molecule has 0 aliphatic carbocycles. The minimum absolute atomic E-state index is 0.410. The summed E-state index contributed by atoms with van der Waals surface area (Å²) in [7, 11) is 4.00. The van der Waals surface area contributed by atoms with Crippen LogP contribution in [0.15, 0.2) is 24.3 Å². The maximum atomic E-state index is 11.3. The van der Waals surface area contributed by atoms with Crippen molar-refractivity contribution in [2.45, 2.75) is 12.5 Å². The van der Waals surface area contributed by atoms with Gasteiger partial charge in [0.25, 0.3) is 0 Å². The van der Waals surface area contributed by atoms with Gasteiger partial charge in [0.2, 0.25) is 0 Å². The Labute approximate surface area is 101 Å². The van der Waals surface area contributed by atoms with Crippen LogP contribution in [-0.4, -0.2) is 49.2 Å². The first-order valence-corrected chi connectivity index (χ1v) is 5.81. The van der Waals surface area contributed by atoms with E-state index in [4.69, 9.17) is 0 Å². The molecule has 0 bridgehead atoms. The zero-order valence-corrected chi connectivity index (χ0v) is 10.3. The van der Waals surface area contributed by atoms with Gasteiger partial charge in [-0.25, -0.2) is 4.79 Å². The van der Waals surface area contributed by atoms with Gasteiger partial charge in [-0.3, -0.25) is 0 Å². The molecule has 17 heavy (non-hydrogen) atoms. The molecule has 0 saturated carbocycles. The van der Waals surface area contributed by atoms with E-state index in [1.54, 1.807) is 0 Å². The van der Waals surface area contributed by atoms with Gasteiger partial charge in [0, 0.05) is 25.2 Å². The average Bonchev–Trinajstić information content (AvgIpc) is 2.65. The average molecular weight is 234 g/mol. The van der Waals surface area contributed by atoms with Crippen LogP contribution in [0.2, 0.25) is 0 Å². The first-order valence-electron chi connectivity index (χ1n) is 5.81. The molecule has 0 amide bonds. The molecule has 1 N–H and O–H groups in total. The number of fused-ring (bicyclic) bond motifs is 1. The third-order valence-corrected chi connectivity index (χ3v) is 3.16. The SMILES string of the molecule is CN(C)CCN1c2ccccc2CC1C(=O)O. The molecular formula is C13H18N2O2. The summed E-state index contributed by atoms with van der Waals surface area (Å²) in [5.41, 5.74) is 2.21. The van der Waals surface area contributed by atoms with Crippen LogP contribution in [0.25, 0.3) is 0 Å². The lowest BCUT2D eigenvalue weighted by Gasteiger charge is -2.26. The van der Waals surface area contributed by atoms with Gasteiger partial charge in [0.05, 0.1) is 0 Å². The fourth-order valence-corrected chi connectivity index (χ4v) is 2.25. The lowest BCUT2D eigenvalue weighted by Crippen LogP contribution is -2.42. The van der Waals surface area contributed by atoms with Gasteiger partial charge in [-0.1, -0.05) is 18.2 Å². The molecule has 1 heterocycles. The number of anilines is 1. The summed E-state index contributed by atoms with van der Waals surface area (Å²) in [5, 5.41) is 9.27. The van der Waals surface area contributed by atoms with Crippen LogP contribution in [0.5, 0.6) is 0 Å². The number of benzene rings is 1. The van der Waals surface area contributed by atoms with Crippen molar-refractivity contribution >= 4 is 11.7 Å². The topological polar surface area (TPSA) is 43.8 Å². The van der Waals surface area contributed by atoms with Crippen LogP contribution >= 0.6 is 0 Å². The molecular weight excluding hydrogens is 216 g/mol. The molecule has 1 unspecified atom stereocenters. The molecule has 1 atom stereocenters. The lowest BCUT2D eigenvalue weighted by atomic mass is 10.1. The molecule has 0 saturated heterocycles. The summed E-state index contributed by atoms with van der Waals surface area (Å²) in [6.07, 6.45) is 0.610. The number of carboxylic acids is 1. The number of likely N-dealkylation sites (N-methyl/N-ethyl adjacent to an activating group) is 1. The van der Waals surface area contributed by atoms with E-state index in [-0.39, 0.29) is 0 Å². The van der Waals surface area contributed by atoms with Crippen molar-refractivity contribution in [1.82, 2.24) is 4.90 Å². The molecule has 1 aliphatic heterocycles. The predicted octanol–water partition coefficient (Wildman–Crippen LogP) is 1.06. The number of rotatable bonds is 4. The first-order chi connectivity index (χ1) is 8.09. The number of hydrogen-bond donors (Lipinski definition) is 1. The van der Waals surface area contributed by atoms with E-state index in [2.05, 4.69) is 4.90 Å². The van der Waals surface area contributed by atoms with Crippen molar-refractivity contribution in [2.24, 2.45) is 0 Å². The zero-order chi connectivity index (χ0) is 12.4. The van der Waals surface area contributed by atoms with E-state index in [0.29, 0.717) is 6.42 Å². The van der Waals surface area contributed by atoms with E-state index in [1.165, 1.54) is 0 Å². The summed E-state index contributed by atoms with van der Waals surface area (Å²) in [5.74, 6) is -0.736. The van der Waals surface area contributed by atoms with Gasteiger partial charge < -0.3 is 14.9 Å². The molecule has 1 aliphatic rings. The molecule has 0 aromatic heterocycles. The Morgan fingerprint density at radius 1 is 1.47 bits per heavy atom. The normalized spacial score (nSPS) is 18.5. The third kappa shape index (κ3) is 2.42. The molecule has 0 fully saturated rings. The van der Waals surface area contributed by atoms with Crippen molar-refractivity contribution < 1.29 is 9.90 Å². The van der Waals surface area contributed by atoms with E-state index >= 15 is 0 Å². The van der Waals surface area contributed by atoms with Crippen molar-refractivity contribution in [1.29, 1.82) is 0 Å². The van der Waals surface area contributed by atoms with Gasteiger partial charge in [-0.2, -0.15) is 0 Å². The predicted molar refractivity (Wildman–Crippen MR) is 67.5 cm³/mol. The summed E-state index contributed by atoms with van der Waals surface area (Å²) in [4.78, 5) is 15.3. The molecule has 1 aromatic carbocycles. The Morgan fingerprint density at radius 3 is 2.82 bits per heavy atom. The Kier molecular flexibility index (Phi) is 3.33. The maximum absolute atomic E-state index is 11.3. The number of carboxylic acid groups (broad SMARTS) is 1. The van der Waals surface area contributed by atoms with Gasteiger partial charge in [-0.15, -0.1) is 0 Å². The van der Waals surface area contributed by atoms with E-state index in [9.17, 15) is 9.90 Å². The highest BCUT2D eigenvalue weighted by molar-refractivity contribution is 5.82. The second-order valence-corrected chi connectivity index (χ2v) is 4.68. The third-order valence-electron chi connectivity index (χ3n) is 3.16. The van der Waals surface area contributed by atoms with Crippen molar-refractivity contribution in [2.75, 3.05) is 32.1 Å². The molecule has 1 aromatic rings. The van der Waals surface area contributed by atoms with Gasteiger partial charge in [0.1, 0.15) is 6.04 Å².